The van der Waals surface area contributed by atoms with Crippen LogP contribution in [0.3, 0.4) is 0 Å². The molecule has 0 heteroatoms. The predicted octanol–water partition coefficient (Wildman–Crippen LogP) is 4.89. The molecule has 0 radical (unpaired) electrons. The van der Waals surface area contributed by atoms with E-state index in [1.54, 1.807) is 0 Å². The molecule has 0 aromatic rings. The van der Waals surface area contributed by atoms with Crippen molar-refractivity contribution in [1.82, 2.24) is 0 Å². The average Bonchev–Trinajstić information content (AvgIpc) is 2.81. The second kappa shape index (κ2) is 5.78. The van der Waals surface area contributed by atoms with Crippen molar-refractivity contribution >= 4 is 0 Å². The summed E-state index contributed by atoms with van der Waals surface area (Å²) in [6, 6.07) is 0. The molecule has 1 fully saturated rings. The largest absolute Gasteiger partial charge is 0.0654 e. The lowest BCUT2D eigenvalue weighted by molar-refractivity contribution is 0.392. The standard InChI is InChI=1S/C14H28/c1-5-8-9-10-13-11(4)14(13)12(6-2)7-3/h11-14H,5-10H2,1-4H3. The van der Waals surface area contributed by atoms with E-state index in [0.29, 0.717) is 0 Å². The van der Waals surface area contributed by atoms with Crippen molar-refractivity contribution in [3.05, 3.63) is 0 Å². The molecule has 1 aliphatic rings. The van der Waals surface area contributed by atoms with Crippen LogP contribution in [0.5, 0.6) is 0 Å². The van der Waals surface area contributed by atoms with Crippen LogP contribution in [-0.2, 0) is 0 Å². The Balaban J connectivity index is 2.22. The van der Waals surface area contributed by atoms with Gasteiger partial charge in [-0.1, -0.05) is 59.8 Å². The zero-order chi connectivity index (χ0) is 10.6. The zero-order valence-corrected chi connectivity index (χ0v) is 10.6. The van der Waals surface area contributed by atoms with E-state index in [4.69, 9.17) is 0 Å². The molecule has 0 nitrogen and oxygen atoms in total. The Morgan fingerprint density at radius 2 is 1.64 bits per heavy atom. The summed E-state index contributed by atoms with van der Waals surface area (Å²) >= 11 is 0. The Bertz CT molecular complexity index is 146. The maximum Gasteiger partial charge on any atom is -0.0326 e. The summed E-state index contributed by atoms with van der Waals surface area (Å²) in [6.45, 7) is 9.50. The molecule has 0 aromatic carbocycles. The zero-order valence-electron chi connectivity index (χ0n) is 10.6. The summed E-state index contributed by atoms with van der Waals surface area (Å²) in [5.41, 5.74) is 0. The Morgan fingerprint density at radius 1 is 1.00 bits per heavy atom. The average molecular weight is 196 g/mol. The van der Waals surface area contributed by atoms with Crippen molar-refractivity contribution in [3.63, 3.8) is 0 Å². The highest BCUT2D eigenvalue weighted by atomic mass is 14.5. The van der Waals surface area contributed by atoms with E-state index < -0.39 is 0 Å². The van der Waals surface area contributed by atoms with Gasteiger partial charge in [-0.25, -0.2) is 0 Å². The van der Waals surface area contributed by atoms with Crippen LogP contribution in [0.1, 0.15) is 66.2 Å². The minimum atomic E-state index is 1.02. The Hall–Kier alpha value is 0. The van der Waals surface area contributed by atoms with E-state index in [1.807, 2.05) is 0 Å². The summed E-state index contributed by atoms with van der Waals surface area (Å²) in [5.74, 6) is 4.24. The van der Waals surface area contributed by atoms with Gasteiger partial charge in [-0.05, 0) is 30.1 Å². The van der Waals surface area contributed by atoms with Crippen molar-refractivity contribution < 1.29 is 0 Å². The van der Waals surface area contributed by atoms with Crippen molar-refractivity contribution in [2.24, 2.45) is 23.7 Å². The number of hydrogen-bond acceptors (Lipinski definition) is 0. The van der Waals surface area contributed by atoms with Crippen LogP contribution in [0.2, 0.25) is 0 Å². The van der Waals surface area contributed by atoms with Gasteiger partial charge in [-0.15, -0.1) is 0 Å². The van der Waals surface area contributed by atoms with Gasteiger partial charge >= 0.3 is 0 Å². The molecule has 0 heterocycles. The summed E-state index contributed by atoms with van der Waals surface area (Å²) in [7, 11) is 0. The summed E-state index contributed by atoms with van der Waals surface area (Å²) < 4.78 is 0. The Kier molecular flexibility index (Phi) is 4.98. The minimum Gasteiger partial charge on any atom is -0.0654 e. The maximum atomic E-state index is 2.47. The summed E-state index contributed by atoms with van der Waals surface area (Å²) in [6.07, 6.45) is 8.60. The molecule has 1 aliphatic carbocycles. The molecule has 0 aromatic heterocycles. The van der Waals surface area contributed by atoms with E-state index in [2.05, 4.69) is 27.7 Å². The van der Waals surface area contributed by atoms with E-state index in [-0.39, 0.29) is 0 Å². The first-order valence-electron chi connectivity index (χ1n) is 6.76. The normalized spacial score (nSPS) is 31.1. The summed E-state index contributed by atoms with van der Waals surface area (Å²) in [4.78, 5) is 0. The van der Waals surface area contributed by atoms with Crippen molar-refractivity contribution in [3.8, 4) is 0 Å². The van der Waals surface area contributed by atoms with Crippen molar-refractivity contribution in [2.75, 3.05) is 0 Å². The van der Waals surface area contributed by atoms with E-state index in [9.17, 15) is 0 Å². The molecule has 0 bridgehead atoms. The van der Waals surface area contributed by atoms with Gasteiger partial charge in [0.1, 0.15) is 0 Å². The molecule has 0 saturated heterocycles. The van der Waals surface area contributed by atoms with Crippen LogP contribution in [0.25, 0.3) is 0 Å². The molecule has 1 saturated carbocycles. The lowest BCUT2D eigenvalue weighted by Gasteiger charge is -2.11. The maximum absolute atomic E-state index is 2.47. The highest BCUT2D eigenvalue weighted by Crippen LogP contribution is 2.54. The van der Waals surface area contributed by atoms with E-state index >= 15 is 0 Å². The fourth-order valence-corrected chi connectivity index (χ4v) is 3.28. The predicted molar refractivity (Wildman–Crippen MR) is 64.4 cm³/mol. The van der Waals surface area contributed by atoms with Gasteiger partial charge in [0.15, 0.2) is 0 Å². The molecule has 84 valence electrons. The monoisotopic (exact) mass is 196 g/mol. The molecule has 3 unspecified atom stereocenters. The first kappa shape index (κ1) is 12.1. The first-order valence-corrected chi connectivity index (χ1v) is 6.76. The van der Waals surface area contributed by atoms with Crippen LogP contribution >= 0.6 is 0 Å². The molecular weight excluding hydrogens is 168 g/mol. The Morgan fingerprint density at radius 3 is 2.14 bits per heavy atom. The van der Waals surface area contributed by atoms with Gasteiger partial charge < -0.3 is 0 Å². The molecule has 3 atom stereocenters. The Labute approximate surface area is 90.5 Å². The van der Waals surface area contributed by atoms with Gasteiger partial charge in [0.25, 0.3) is 0 Å². The van der Waals surface area contributed by atoms with Crippen LogP contribution < -0.4 is 0 Å². The van der Waals surface area contributed by atoms with Gasteiger partial charge in [-0.2, -0.15) is 0 Å². The molecule has 14 heavy (non-hydrogen) atoms. The van der Waals surface area contributed by atoms with Gasteiger partial charge in [-0.3, -0.25) is 0 Å². The van der Waals surface area contributed by atoms with Gasteiger partial charge in [0.2, 0.25) is 0 Å². The highest BCUT2D eigenvalue weighted by molar-refractivity contribution is 4.96. The third-order valence-electron chi connectivity index (χ3n) is 4.37. The van der Waals surface area contributed by atoms with Gasteiger partial charge in [0, 0.05) is 0 Å². The van der Waals surface area contributed by atoms with Crippen molar-refractivity contribution in [2.45, 2.75) is 66.2 Å². The fourth-order valence-electron chi connectivity index (χ4n) is 3.28. The second-order valence-electron chi connectivity index (χ2n) is 5.17. The van der Waals surface area contributed by atoms with E-state index in [1.165, 1.54) is 38.5 Å². The lowest BCUT2D eigenvalue weighted by Crippen LogP contribution is -2.02. The molecule has 0 amide bonds. The van der Waals surface area contributed by atoms with E-state index in [0.717, 1.165) is 23.7 Å². The fraction of sp³-hybridized carbons (Fsp3) is 1.00. The van der Waals surface area contributed by atoms with Crippen LogP contribution in [-0.4, -0.2) is 0 Å². The quantitative estimate of drug-likeness (QED) is 0.509. The minimum absolute atomic E-state index is 1.02. The molecule has 0 N–H and O–H groups in total. The number of unbranched alkanes of at least 4 members (excludes halogenated alkanes) is 2. The topological polar surface area (TPSA) is 0 Å². The molecular formula is C14H28. The smallest absolute Gasteiger partial charge is 0.0326 e. The van der Waals surface area contributed by atoms with Crippen LogP contribution in [0, 0.1) is 23.7 Å². The summed E-state index contributed by atoms with van der Waals surface area (Å²) in [5, 5.41) is 0. The first-order chi connectivity index (χ1) is 6.76. The molecule has 0 spiro atoms. The third kappa shape index (κ3) is 2.74. The molecule has 0 aliphatic heterocycles. The SMILES string of the molecule is CCCCCC1C(C)C1C(CC)CC. The number of hydrogen-bond donors (Lipinski definition) is 0. The second-order valence-corrected chi connectivity index (χ2v) is 5.17. The molecule has 1 rings (SSSR count). The number of rotatable bonds is 7. The van der Waals surface area contributed by atoms with Crippen LogP contribution in [0.15, 0.2) is 0 Å². The highest BCUT2D eigenvalue weighted by Gasteiger charge is 2.48. The third-order valence-corrected chi connectivity index (χ3v) is 4.37. The lowest BCUT2D eigenvalue weighted by atomic mass is 9.94. The van der Waals surface area contributed by atoms with Crippen molar-refractivity contribution in [1.29, 1.82) is 0 Å². The van der Waals surface area contributed by atoms with Crippen LogP contribution in [0.4, 0.5) is 0 Å². The van der Waals surface area contributed by atoms with Gasteiger partial charge in [0.05, 0.1) is 0 Å².